The molecular formula is C25H30N4O5. The van der Waals surface area contributed by atoms with Gasteiger partial charge in [0.15, 0.2) is 11.5 Å². The number of methoxy groups -OCH3 is 2. The van der Waals surface area contributed by atoms with Crippen molar-refractivity contribution in [3.05, 3.63) is 53.9 Å². The zero-order valence-corrected chi connectivity index (χ0v) is 19.5. The minimum Gasteiger partial charge on any atom is -0.493 e. The van der Waals surface area contributed by atoms with Crippen LogP contribution in [0.1, 0.15) is 49.3 Å². The molecule has 4 amide bonds. The third-order valence-corrected chi connectivity index (χ3v) is 6.43. The Kier molecular flexibility index (Phi) is 7.30. The van der Waals surface area contributed by atoms with Gasteiger partial charge in [0.05, 0.1) is 26.8 Å². The lowest BCUT2D eigenvalue weighted by atomic mass is 9.95. The summed E-state index contributed by atoms with van der Waals surface area (Å²) < 4.78 is 10.5. The maximum Gasteiger partial charge on any atom is 0.325 e. The van der Waals surface area contributed by atoms with Crippen molar-refractivity contribution in [2.45, 2.75) is 50.7 Å². The number of ether oxygens (including phenoxy) is 2. The molecule has 9 heteroatoms. The minimum atomic E-state index is -0.710. The van der Waals surface area contributed by atoms with Crippen molar-refractivity contribution in [1.82, 2.24) is 20.1 Å². The first-order chi connectivity index (χ1) is 16.5. The number of rotatable bonds is 8. The van der Waals surface area contributed by atoms with Crippen molar-refractivity contribution < 1.29 is 23.9 Å². The van der Waals surface area contributed by atoms with Crippen LogP contribution in [0.2, 0.25) is 0 Å². The zero-order chi connectivity index (χ0) is 24.1. The smallest absolute Gasteiger partial charge is 0.325 e. The number of nitrogens with zero attached hydrogens (tertiary/aromatic N) is 3. The second-order valence-electron chi connectivity index (χ2n) is 8.54. The summed E-state index contributed by atoms with van der Waals surface area (Å²) in [6, 6.07) is 7.98. The number of urea groups is 1. The summed E-state index contributed by atoms with van der Waals surface area (Å²) in [5.74, 6) is 0.769. The summed E-state index contributed by atoms with van der Waals surface area (Å²) in [5.41, 5.74) is 1.77. The van der Waals surface area contributed by atoms with E-state index in [1.54, 1.807) is 31.5 Å². The fourth-order valence-electron chi connectivity index (χ4n) is 4.64. The van der Waals surface area contributed by atoms with Crippen molar-refractivity contribution in [2.75, 3.05) is 20.8 Å². The molecule has 2 aromatic rings. The molecule has 1 N–H and O–H groups in total. The van der Waals surface area contributed by atoms with Gasteiger partial charge in [0.25, 0.3) is 5.91 Å². The highest BCUT2D eigenvalue weighted by molar-refractivity contribution is 6.04. The van der Waals surface area contributed by atoms with Gasteiger partial charge in [-0.05, 0) is 55.0 Å². The van der Waals surface area contributed by atoms with Gasteiger partial charge < -0.3 is 19.7 Å². The van der Waals surface area contributed by atoms with E-state index in [0.29, 0.717) is 18.0 Å². The minimum absolute atomic E-state index is 0.00497. The normalized spacial score (nSPS) is 20.3. The molecule has 2 aliphatic heterocycles. The zero-order valence-electron chi connectivity index (χ0n) is 19.5. The number of carbonyl (C=O) groups is 3. The SMILES string of the molecule is COc1ccc(CN2C(=O)N[C@@H](CCC(=O)N3CCCC[C@H]3c3cccnc3)C2=O)cc1OC. The number of benzene rings is 1. The number of pyridine rings is 1. The highest BCUT2D eigenvalue weighted by atomic mass is 16.5. The van der Waals surface area contributed by atoms with E-state index >= 15 is 0 Å². The lowest BCUT2D eigenvalue weighted by Gasteiger charge is -2.36. The summed E-state index contributed by atoms with van der Waals surface area (Å²) in [6.45, 7) is 0.805. The first-order valence-electron chi connectivity index (χ1n) is 11.5. The number of carbonyl (C=O) groups excluding carboxylic acids is 3. The van der Waals surface area contributed by atoms with E-state index in [1.165, 1.54) is 12.0 Å². The van der Waals surface area contributed by atoms with Gasteiger partial charge in [-0.2, -0.15) is 0 Å². The van der Waals surface area contributed by atoms with Gasteiger partial charge >= 0.3 is 6.03 Å². The van der Waals surface area contributed by atoms with Crippen molar-refractivity contribution in [3.8, 4) is 11.5 Å². The van der Waals surface area contributed by atoms with E-state index in [-0.39, 0.29) is 37.2 Å². The Hall–Kier alpha value is -3.62. The fraction of sp³-hybridized carbons (Fsp3) is 0.440. The Morgan fingerprint density at radius 2 is 1.97 bits per heavy atom. The maximum atomic E-state index is 13.1. The molecule has 2 aliphatic rings. The van der Waals surface area contributed by atoms with Crippen molar-refractivity contribution in [2.24, 2.45) is 0 Å². The van der Waals surface area contributed by atoms with Crippen LogP contribution in [0.25, 0.3) is 0 Å². The Balaban J connectivity index is 1.37. The van der Waals surface area contributed by atoms with Crippen LogP contribution in [0.4, 0.5) is 4.79 Å². The molecule has 2 saturated heterocycles. The Labute approximate surface area is 199 Å². The molecule has 0 unspecified atom stereocenters. The van der Waals surface area contributed by atoms with Crippen LogP contribution in [-0.2, 0) is 16.1 Å². The molecule has 180 valence electrons. The molecule has 2 atom stereocenters. The lowest BCUT2D eigenvalue weighted by Crippen LogP contribution is -2.39. The highest BCUT2D eigenvalue weighted by Gasteiger charge is 2.38. The fourth-order valence-corrected chi connectivity index (χ4v) is 4.64. The molecule has 9 nitrogen and oxygen atoms in total. The largest absolute Gasteiger partial charge is 0.493 e. The molecular weight excluding hydrogens is 436 g/mol. The molecule has 0 saturated carbocycles. The average molecular weight is 467 g/mol. The van der Waals surface area contributed by atoms with Crippen LogP contribution >= 0.6 is 0 Å². The molecule has 1 aromatic heterocycles. The standard InChI is InChI=1S/C25H30N4O5/c1-33-21-10-8-17(14-22(21)34-2)16-29-24(31)19(27-25(29)32)9-11-23(30)28-13-4-3-7-20(28)18-6-5-12-26-15-18/h5-6,8,10,12,14-15,19-20H,3-4,7,9,11,13,16H2,1-2H3,(H,27,32)/t19-,20-/m0/s1. The summed E-state index contributed by atoms with van der Waals surface area (Å²) >= 11 is 0. The van der Waals surface area contributed by atoms with Gasteiger partial charge in [0, 0.05) is 25.4 Å². The third kappa shape index (κ3) is 4.98. The first-order valence-corrected chi connectivity index (χ1v) is 11.5. The van der Waals surface area contributed by atoms with E-state index < -0.39 is 12.1 Å². The average Bonchev–Trinajstić information content (AvgIpc) is 3.15. The second kappa shape index (κ2) is 10.5. The van der Waals surface area contributed by atoms with Gasteiger partial charge in [0.2, 0.25) is 5.91 Å². The third-order valence-electron chi connectivity index (χ3n) is 6.43. The number of likely N-dealkylation sites (tertiary alicyclic amines) is 1. The maximum absolute atomic E-state index is 13.1. The van der Waals surface area contributed by atoms with Gasteiger partial charge in [-0.1, -0.05) is 12.1 Å². The first kappa shape index (κ1) is 23.5. The van der Waals surface area contributed by atoms with Crippen LogP contribution in [0.5, 0.6) is 11.5 Å². The van der Waals surface area contributed by atoms with Crippen LogP contribution in [0.3, 0.4) is 0 Å². The molecule has 2 fully saturated rings. The molecule has 34 heavy (non-hydrogen) atoms. The lowest BCUT2D eigenvalue weighted by molar-refractivity contribution is -0.135. The molecule has 0 radical (unpaired) electrons. The molecule has 0 aliphatic carbocycles. The van der Waals surface area contributed by atoms with E-state index in [2.05, 4.69) is 10.3 Å². The number of amides is 4. The molecule has 0 spiro atoms. The molecule has 1 aromatic carbocycles. The Morgan fingerprint density at radius 3 is 2.71 bits per heavy atom. The van der Waals surface area contributed by atoms with Crippen molar-refractivity contribution >= 4 is 17.8 Å². The van der Waals surface area contributed by atoms with Crippen LogP contribution < -0.4 is 14.8 Å². The molecule has 3 heterocycles. The van der Waals surface area contributed by atoms with Crippen molar-refractivity contribution in [3.63, 3.8) is 0 Å². The van der Waals surface area contributed by atoms with Crippen molar-refractivity contribution in [1.29, 1.82) is 0 Å². The molecule has 4 rings (SSSR count). The van der Waals surface area contributed by atoms with Crippen LogP contribution in [0.15, 0.2) is 42.7 Å². The summed E-state index contributed by atoms with van der Waals surface area (Å²) in [5, 5.41) is 2.73. The van der Waals surface area contributed by atoms with Crippen LogP contribution in [0, 0.1) is 0 Å². The Bertz CT molecular complexity index is 1040. The van der Waals surface area contributed by atoms with E-state index in [0.717, 1.165) is 30.4 Å². The number of aromatic nitrogens is 1. The highest BCUT2D eigenvalue weighted by Crippen LogP contribution is 2.32. The van der Waals surface area contributed by atoms with E-state index in [1.807, 2.05) is 23.2 Å². The quantitative estimate of drug-likeness (QED) is 0.600. The number of piperidine rings is 1. The topological polar surface area (TPSA) is 101 Å². The number of nitrogens with one attached hydrogen (secondary N) is 1. The monoisotopic (exact) mass is 466 g/mol. The number of hydrogen-bond acceptors (Lipinski definition) is 6. The van der Waals surface area contributed by atoms with Gasteiger partial charge in [0.1, 0.15) is 6.04 Å². The second-order valence-corrected chi connectivity index (χ2v) is 8.54. The Morgan fingerprint density at radius 1 is 1.15 bits per heavy atom. The van der Waals surface area contributed by atoms with Crippen LogP contribution in [-0.4, -0.2) is 59.4 Å². The number of imide groups is 1. The summed E-state index contributed by atoms with van der Waals surface area (Å²) in [6.07, 6.45) is 6.91. The summed E-state index contributed by atoms with van der Waals surface area (Å²) in [4.78, 5) is 45.8. The number of hydrogen-bond donors (Lipinski definition) is 1. The van der Waals surface area contributed by atoms with Gasteiger partial charge in [-0.3, -0.25) is 19.5 Å². The van der Waals surface area contributed by atoms with E-state index in [9.17, 15) is 14.4 Å². The summed E-state index contributed by atoms with van der Waals surface area (Å²) in [7, 11) is 3.08. The predicted octanol–water partition coefficient (Wildman–Crippen LogP) is 3.05. The van der Waals surface area contributed by atoms with Gasteiger partial charge in [-0.15, -0.1) is 0 Å². The molecule has 0 bridgehead atoms. The van der Waals surface area contributed by atoms with Gasteiger partial charge in [-0.25, -0.2) is 4.79 Å². The predicted molar refractivity (Wildman–Crippen MR) is 124 cm³/mol. The van der Waals surface area contributed by atoms with E-state index in [4.69, 9.17) is 9.47 Å².